The number of nitrogens with zero attached hydrogens (tertiary/aromatic N) is 2. The Morgan fingerprint density at radius 1 is 1.24 bits per heavy atom. The van der Waals surface area contributed by atoms with Crippen LogP contribution in [0.2, 0.25) is 0 Å². The van der Waals surface area contributed by atoms with E-state index in [0.29, 0.717) is 28.4 Å². The number of aryl methyl sites for hydroxylation is 1. The predicted molar refractivity (Wildman–Crippen MR) is 111 cm³/mol. The molecule has 0 unspecified atom stereocenters. The highest BCUT2D eigenvalue weighted by atomic mass is 79.9. The van der Waals surface area contributed by atoms with Crippen molar-refractivity contribution in [2.24, 2.45) is 5.10 Å². The molecule has 1 aromatic heterocycles. The predicted octanol–water partition coefficient (Wildman–Crippen LogP) is 4.70. The summed E-state index contributed by atoms with van der Waals surface area (Å²) in [6.07, 6.45) is 1.31. The topological polar surface area (TPSA) is 107 Å². The molecule has 9 heteroatoms. The summed E-state index contributed by atoms with van der Waals surface area (Å²) < 4.78 is 11.5. The van der Waals surface area contributed by atoms with Gasteiger partial charge in [0.2, 0.25) is 0 Å². The first-order valence-electron chi connectivity index (χ1n) is 8.41. The Labute approximate surface area is 174 Å². The highest BCUT2D eigenvalue weighted by Crippen LogP contribution is 2.31. The van der Waals surface area contributed by atoms with Gasteiger partial charge in [0, 0.05) is 10.5 Å². The lowest BCUT2D eigenvalue weighted by atomic mass is 10.1. The molecular weight excluding hydrogens is 442 g/mol. The van der Waals surface area contributed by atoms with Gasteiger partial charge in [0.25, 0.3) is 11.6 Å². The number of carbonyl (C=O) groups is 1. The first-order chi connectivity index (χ1) is 13.9. The van der Waals surface area contributed by atoms with Crippen LogP contribution in [0.3, 0.4) is 0 Å². The number of nitro benzene ring substituents is 1. The summed E-state index contributed by atoms with van der Waals surface area (Å²) >= 11 is 3.31. The Kier molecular flexibility index (Phi) is 6.08. The Balaban J connectivity index is 1.76. The maximum atomic E-state index is 12.3. The minimum absolute atomic E-state index is 0.0436. The van der Waals surface area contributed by atoms with E-state index in [-0.39, 0.29) is 5.69 Å². The van der Waals surface area contributed by atoms with Gasteiger partial charge in [-0.15, -0.1) is 0 Å². The van der Waals surface area contributed by atoms with Crippen LogP contribution in [-0.4, -0.2) is 24.2 Å². The zero-order valence-corrected chi connectivity index (χ0v) is 17.1. The number of furan rings is 1. The van der Waals surface area contributed by atoms with Crippen LogP contribution in [0.15, 0.2) is 62.5 Å². The minimum Gasteiger partial charge on any atom is -0.496 e. The van der Waals surface area contributed by atoms with Crippen molar-refractivity contribution in [2.75, 3.05) is 7.11 Å². The van der Waals surface area contributed by atoms with Gasteiger partial charge in [0.05, 0.1) is 29.4 Å². The molecule has 0 aliphatic carbocycles. The van der Waals surface area contributed by atoms with Gasteiger partial charge in [-0.1, -0.05) is 22.0 Å². The molecular formula is C20H16BrN3O5. The molecule has 29 heavy (non-hydrogen) atoms. The fraction of sp³-hybridized carbons (Fsp3) is 0.100. The van der Waals surface area contributed by atoms with Crippen molar-refractivity contribution in [3.8, 4) is 17.1 Å². The van der Waals surface area contributed by atoms with Gasteiger partial charge in [0.1, 0.15) is 17.3 Å². The molecule has 0 saturated heterocycles. The number of rotatable bonds is 6. The van der Waals surface area contributed by atoms with E-state index in [2.05, 4.69) is 26.5 Å². The normalized spacial score (nSPS) is 10.9. The second kappa shape index (κ2) is 8.70. The Morgan fingerprint density at radius 3 is 2.76 bits per heavy atom. The molecule has 0 spiro atoms. The molecule has 3 rings (SSSR count). The van der Waals surface area contributed by atoms with Gasteiger partial charge in [-0.3, -0.25) is 14.9 Å². The number of benzene rings is 2. The average Bonchev–Trinajstić information content (AvgIpc) is 3.16. The van der Waals surface area contributed by atoms with E-state index in [1.54, 1.807) is 49.4 Å². The fourth-order valence-corrected chi connectivity index (χ4v) is 3.00. The van der Waals surface area contributed by atoms with Gasteiger partial charge < -0.3 is 9.15 Å². The average molecular weight is 458 g/mol. The maximum absolute atomic E-state index is 12.3. The van der Waals surface area contributed by atoms with Crippen LogP contribution in [-0.2, 0) is 0 Å². The maximum Gasteiger partial charge on any atom is 0.280 e. The zero-order chi connectivity index (χ0) is 21.0. The number of ether oxygens (including phenoxy) is 1. The summed E-state index contributed by atoms with van der Waals surface area (Å²) in [6, 6.07) is 13.1. The molecule has 0 bridgehead atoms. The number of amides is 1. The minimum atomic E-state index is -0.458. The number of carbonyl (C=O) groups excluding carboxylic acids is 1. The van der Waals surface area contributed by atoms with Gasteiger partial charge in [-0.2, -0.15) is 5.10 Å². The summed E-state index contributed by atoms with van der Waals surface area (Å²) in [5.74, 6) is 0.614. The lowest BCUT2D eigenvalue weighted by Gasteiger charge is -2.07. The summed E-state index contributed by atoms with van der Waals surface area (Å²) in [6.45, 7) is 1.78. The molecule has 8 nitrogen and oxygen atoms in total. The van der Waals surface area contributed by atoms with Gasteiger partial charge in [0.15, 0.2) is 0 Å². The van der Waals surface area contributed by atoms with Crippen LogP contribution < -0.4 is 10.2 Å². The summed E-state index contributed by atoms with van der Waals surface area (Å²) in [7, 11) is 1.47. The molecule has 148 valence electrons. The van der Waals surface area contributed by atoms with E-state index >= 15 is 0 Å². The molecule has 0 atom stereocenters. The van der Waals surface area contributed by atoms with E-state index in [0.717, 1.165) is 10.0 Å². The van der Waals surface area contributed by atoms with Crippen LogP contribution >= 0.6 is 15.9 Å². The zero-order valence-electron chi connectivity index (χ0n) is 15.5. The van der Waals surface area contributed by atoms with Crippen molar-refractivity contribution in [3.63, 3.8) is 0 Å². The lowest BCUT2D eigenvalue weighted by molar-refractivity contribution is -0.384. The van der Waals surface area contributed by atoms with Crippen LogP contribution in [0.4, 0.5) is 5.69 Å². The number of hydrazone groups is 1. The van der Waals surface area contributed by atoms with Crippen molar-refractivity contribution in [1.82, 2.24) is 5.43 Å². The number of methoxy groups -OCH3 is 1. The van der Waals surface area contributed by atoms with Crippen molar-refractivity contribution < 1.29 is 18.9 Å². The van der Waals surface area contributed by atoms with E-state index in [1.807, 2.05) is 0 Å². The van der Waals surface area contributed by atoms with E-state index in [1.165, 1.54) is 19.4 Å². The molecule has 2 aromatic carbocycles. The summed E-state index contributed by atoms with van der Waals surface area (Å²) in [5.41, 5.74) is 3.81. The standard InChI is InChI=1S/C20H16BrN3O5/c1-12-3-6-15(17(9-12)24(26)27)19-8-5-14(29-19)11-22-23-20(25)16-10-13(21)4-7-18(16)28-2/h3-11H,1-2H3,(H,23,25)/b22-11-. The van der Waals surface area contributed by atoms with Crippen LogP contribution in [0.5, 0.6) is 5.75 Å². The Hall–Kier alpha value is -3.46. The second-order valence-electron chi connectivity index (χ2n) is 6.02. The number of nitrogens with one attached hydrogen (secondary N) is 1. The van der Waals surface area contributed by atoms with Crippen LogP contribution in [0, 0.1) is 17.0 Å². The quantitative estimate of drug-likeness (QED) is 0.328. The first-order valence-corrected chi connectivity index (χ1v) is 9.20. The molecule has 0 fully saturated rings. The smallest absolute Gasteiger partial charge is 0.280 e. The van der Waals surface area contributed by atoms with Crippen molar-refractivity contribution in [2.45, 2.75) is 6.92 Å². The van der Waals surface area contributed by atoms with Crippen molar-refractivity contribution >= 4 is 33.7 Å². The molecule has 3 aromatic rings. The highest BCUT2D eigenvalue weighted by Gasteiger charge is 2.18. The largest absolute Gasteiger partial charge is 0.496 e. The summed E-state index contributed by atoms with van der Waals surface area (Å²) in [5, 5.41) is 15.2. The van der Waals surface area contributed by atoms with E-state index in [9.17, 15) is 14.9 Å². The fourth-order valence-electron chi connectivity index (χ4n) is 2.64. The highest BCUT2D eigenvalue weighted by molar-refractivity contribution is 9.10. The number of hydrogen-bond donors (Lipinski definition) is 1. The van der Waals surface area contributed by atoms with Gasteiger partial charge in [-0.25, -0.2) is 5.43 Å². The van der Waals surface area contributed by atoms with Crippen LogP contribution in [0.25, 0.3) is 11.3 Å². The monoisotopic (exact) mass is 457 g/mol. The molecule has 0 radical (unpaired) electrons. The molecule has 1 N–H and O–H groups in total. The van der Waals surface area contributed by atoms with Crippen molar-refractivity contribution in [1.29, 1.82) is 0 Å². The summed E-state index contributed by atoms with van der Waals surface area (Å²) in [4.78, 5) is 23.1. The molecule has 0 saturated carbocycles. The Bertz CT molecular complexity index is 1110. The number of halogens is 1. The third-order valence-corrected chi connectivity index (χ3v) is 4.50. The molecule has 0 aliphatic rings. The van der Waals surface area contributed by atoms with Gasteiger partial charge in [-0.05, 0) is 48.9 Å². The second-order valence-corrected chi connectivity index (χ2v) is 6.94. The van der Waals surface area contributed by atoms with E-state index < -0.39 is 10.8 Å². The van der Waals surface area contributed by atoms with Crippen molar-refractivity contribution in [3.05, 3.63) is 80.0 Å². The SMILES string of the molecule is COc1ccc(Br)cc1C(=O)N/N=C\c1ccc(-c2ccc(C)cc2[N+](=O)[O-])o1. The lowest BCUT2D eigenvalue weighted by Crippen LogP contribution is -2.18. The van der Waals surface area contributed by atoms with Gasteiger partial charge >= 0.3 is 0 Å². The third-order valence-electron chi connectivity index (χ3n) is 4.01. The number of nitro groups is 1. The van der Waals surface area contributed by atoms with Crippen LogP contribution in [0.1, 0.15) is 21.7 Å². The molecule has 1 heterocycles. The molecule has 1 amide bonds. The third kappa shape index (κ3) is 4.69. The Morgan fingerprint density at radius 2 is 2.03 bits per heavy atom. The molecule has 0 aliphatic heterocycles. The number of hydrogen-bond acceptors (Lipinski definition) is 6. The first kappa shape index (κ1) is 20.3. The van der Waals surface area contributed by atoms with E-state index in [4.69, 9.17) is 9.15 Å².